The number of imidazole rings is 1. The van der Waals surface area contributed by atoms with Gasteiger partial charge in [0.15, 0.2) is 0 Å². The van der Waals surface area contributed by atoms with Crippen molar-refractivity contribution in [1.29, 1.82) is 0 Å². The van der Waals surface area contributed by atoms with E-state index in [1.54, 1.807) is 13.3 Å². The highest BCUT2D eigenvalue weighted by Crippen LogP contribution is 2.11. The summed E-state index contributed by atoms with van der Waals surface area (Å²) in [6, 6.07) is 7.51. The van der Waals surface area contributed by atoms with Crippen molar-refractivity contribution in [3.8, 4) is 5.75 Å². The Labute approximate surface area is 118 Å². The number of hydrogen-bond acceptors (Lipinski definition) is 3. The van der Waals surface area contributed by atoms with Crippen molar-refractivity contribution >= 4 is 5.91 Å². The predicted molar refractivity (Wildman–Crippen MR) is 76.7 cm³/mol. The molecule has 2 aromatic rings. The lowest BCUT2D eigenvalue weighted by molar-refractivity contribution is -0.120. The quantitative estimate of drug-likeness (QED) is 0.840. The first kappa shape index (κ1) is 14.1. The summed E-state index contributed by atoms with van der Waals surface area (Å²) < 4.78 is 5.08. The molecule has 0 saturated carbocycles. The highest BCUT2D eigenvalue weighted by molar-refractivity contribution is 5.78. The van der Waals surface area contributed by atoms with Crippen LogP contribution in [0, 0.1) is 6.92 Å². The maximum Gasteiger partial charge on any atom is 0.224 e. The zero-order valence-electron chi connectivity index (χ0n) is 11.8. The van der Waals surface area contributed by atoms with Gasteiger partial charge in [0.2, 0.25) is 5.91 Å². The number of amides is 1. The second-order valence-electron chi connectivity index (χ2n) is 4.62. The minimum atomic E-state index is 0.0198. The van der Waals surface area contributed by atoms with Crippen LogP contribution in [0.3, 0.4) is 0 Å². The number of aromatic nitrogens is 2. The van der Waals surface area contributed by atoms with Crippen molar-refractivity contribution in [2.45, 2.75) is 19.8 Å². The van der Waals surface area contributed by atoms with Gasteiger partial charge in [0.25, 0.3) is 0 Å². The number of hydrogen-bond donors (Lipinski definition) is 2. The SMILES string of the molecule is COc1ccc(CC(=O)NCCc2cnc(C)[nH]2)cc1. The van der Waals surface area contributed by atoms with E-state index in [4.69, 9.17) is 4.74 Å². The Morgan fingerprint density at radius 2 is 2.10 bits per heavy atom. The number of nitrogens with one attached hydrogen (secondary N) is 2. The third kappa shape index (κ3) is 4.12. The molecular formula is C15H19N3O2. The Hall–Kier alpha value is -2.30. The van der Waals surface area contributed by atoms with Gasteiger partial charge in [-0.1, -0.05) is 12.1 Å². The van der Waals surface area contributed by atoms with Crippen LogP contribution in [0.5, 0.6) is 5.75 Å². The number of methoxy groups -OCH3 is 1. The molecule has 0 saturated heterocycles. The molecule has 0 spiro atoms. The smallest absolute Gasteiger partial charge is 0.224 e. The van der Waals surface area contributed by atoms with Crippen molar-refractivity contribution in [2.24, 2.45) is 0 Å². The fourth-order valence-electron chi connectivity index (χ4n) is 1.93. The number of carbonyl (C=O) groups is 1. The van der Waals surface area contributed by atoms with Gasteiger partial charge in [-0.15, -0.1) is 0 Å². The van der Waals surface area contributed by atoms with E-state index in [0.717, 1.165) is 29.3 Å². The highest BCUT2D eigenvalue weighted by atomic mass is 16.5. The molecule has 106 valence electrons. The molecule has 0 fully saturated rings. The van der Waals surface area contributed by atoms with Crippen molar-refractivity contribution < 1.29 is 9.53 Å². The fourth-order valence-corrected chi connectivity index (χ4v) is 1.93. The van der Waals surface area contributed by atoms with Crippen LogP contribution in [-0.2, 0) is 17.6 Å². The van der Waals surface area contributed by atoms with Crippen LogP contribution in [0.4, 0.5) is 0 Å². The molecule has 1 aromatic carbocycles. The second-order valence-corrected chi connectivity index (χ2v) is 4.62. The normalized spacial score (nSPS) is 10.3. The number of aromatic amines is 1. The summed E-state index contributed by atoms with van der Waals surface area (Å²) in [6.45, 7) is 2.52. The minimum absolute atomic E-state index is 0.0198. The Bertz CT molecular complexity index is 561. The molecule has 0 aliphatic heterocycles. The van der Waals surface area contributed by atoms with E-state index in [1.165, 1.54) is 0 Å². The lowest BCUT2D eigenvalue weighted by Gasteiger charge is -2.05. The molecule has 2 N–H and O–H groups in total. The van der Waals surface area contributed by atoms with Gasteiger partial charge in [0.1, 0.15) is 11.6 Å². The van der Waals surface area contributed by atoms with Crippen molar-refractivity contribution in [1.82, 2.24) is 15.3 Å². The third-order valence-corrected chi connectivity index (χ3v) is 3.00. The van der Waals surface area contributed by atoms with Gasteiger partial charge in [-0.05, 0) is 24.6 Å². The molecule has 2 rings (SSSR count). The maximum absolute atomic E-state index is 11.8. The minimum Gasteiger partial charge on any atom is -0.497 e. The van der Waals surface area contributed by atoms with Gasteiger partial charge in [-0.25, -0.2) is 4.98 Å². The summed E-state index contributed by atoms with van der Waals surface area (Å²) in [5.74, 6) is 1.71. The molecule has 0 unspecified atom stereocenters. The molecule has 5 nitrogen and oxygen atoms in total. The summed E-state index contributed by atoms with van der Waals surface area (Å²) in [5, 5.41) is 2.90. The van der Waals surface area contributed by atoms with E-state index >= 15 is 0 Å². The van der Waals surface area contributed by atoms with Crippen molar-refractivity contribution in [2.75, 3.05) is 13.7 Å². The summed E-state index contributed by atoms with van der Waals surface area (Å²) in [5.41, 5.74) is 2.01. The van der Waals surface area contributed by atoms with E-state index in [9.17, 15) is 4.79 Å². The van der Waals surface area contributed by atoms with Gasteiger partial charge in [-0.3, -0.25) is 4.79 Å². The van der Waals surface area contributed by atoms with E-state index in [2.05, 4.69) is 15.3 Å². The lowest BCUT2D eigenvalue weighted by Crippen LogP contribution is -2.27. The zero-order chi connectivity index (χ0) is 14.4. The van der Waals surface area contributed by atoms with E-state index in [0.29, 0.717) is 13.0 Å². The third-order valence-electron chi connectivity index (χ3n) is 3.00. The van der Waals surface area contributed by atoms with Gasteiger partial charge >= 0.3 is 0 Å². The number of rotatable bonds is 6. The number of ether oxygens (including phenoxy) is 1. The molecule has 1 aromatic heterocycles. The highest BCUT2D eigenvalue weighted by Gasteiger charge is 2.04. The predicted octanol–water partition coefficient (Wildman–Crippen LogP) is 1.63. The van der Waals surface area contributed by atoms with E-state index in [-0.39, 0.29) is 5.91 Å². The molecule has 20 heavy (non-hydrogen) atoms. The first-order chi connectivity index (χ1) is 9.67. The molecule has 1 amide bonds. The van der Waals surface area contributed by atoms with E-state index < -0.39 is 0 Å². The van der Waals surface area contributed by atoms with Gasteiger partial charge in [-0.2, -0.15) is 0 Å². The summed E-state index contributed by atoms with van der Waals surface area (Å²) >= 11 is 0. The average molecular weight is 273 g/mol. The molecule has 0 bridgehead atoms. The first-order valence-electron chi connectivity index (χ1n) is 6.57. The Kier molecular flexibility index (Phi) is 4.76. The monoisotopic (exact) mass is 273 g/mol. The Morgan fingerprint density at radius 3 is 2.70 bits per heavy atom. The summed E-state index contributed by atoms with van der Waals surface area (Å²) in [7, 11) is 1.62. The topological polar surface area (TPSA) is 67.0 Å². The Morgan fingerprint density at radius 1 is 1.35 bits per heavy atom. The molecule has 0 radical (unpaired) electrons. The fraction of sp³-hybridized carbons (Fsp3) is 0.333. The number of nitrogens with zero attached hydrogens (tertiary/aromatic N) is 1. The molecule has 0 aliphatic carbocycles. The van der Waals surface area contributed by atoms with E-state index in [1.807, 2.05) is 31.2 Å². The number of carbonyl (C=O) groups excluding carboxylic acids is 1. The maximum atomic E-state index is 11.8. The van der Waals surface area contributed by atoms with Crippen LogP contribution >= 0.6 is 0 Å². The standard InChI is InChI=1S/C15H19N3O2/c1-11-17-10-13(18-11)7-8-16-15(19)9-12-3-5-14(20-2)6-4-12/h3-6,10H,7-9H2,1-2H3,(H,16,19)(H,17,18). The van der Waals surface area contributed by atoms with Crippen LogP contribution in [0.2, 0.25) is 0 Å². The Balaban J connectivity index is 1.74. The number of aryl methyl sites for hydroxylation is 1. The number of H-pyrrole nitrogens is 1. The van der Waals surface area contributed by atoms with Crippen LogP contribution in [0.25, 0.3) is 0 Å². The largest absolute Gasteiger partial charge is 0.497 e. The molecule has 1 heterocycles. The lowest BCUT2D eigenvalue weighted by atomic mass is 10.1. The summed E-state index contributed by atoms with van der Waals surface area (Å²) in [6.07, 6.45) is 2.94. The first-order valence-corrected chi connectivity index (χ1v) is 6.57. The van der Waals surface area contributed by atoms with Crippen molar-refractivity contribution in [3.05, 3.63) is 47.5 Å². The molecule has 5 heteroatoms. The van der Waals surface area contributed by atoms with Crippen LogP contribution in [0.15, 0.2) is 30.5 Å². The molecular weight excluding hydrogens is 254 g/mol. The van der Waals surface area contributed by atoms with Crippen molar-refractivity contribution in [3.63, 3.8) is 0 Å². The molecule has 0 atom stereocenters. The number of benzene rings is 1. The van der Waals surface area contributed by atoms with Crippen LogP contribution in [-0.4, -0.2) is 29.5 Å². The second kappa shape index (κ2) is 6.75. The average Bonchev–Trinajstić information content (AvgIpc) is 2.85. The molecule has 0 aliphatic rings. The van der Waals surface area contributed by atoms with Crippen LogP contribution in [0.1, 0.15) is 17.1 Å². The zero-order valence-corrected chi connectivity index (χ0v) is 11.8. The van der Waals surface area contributed by atoms with Gasteiger partial charge in [0, 0.05) is 24.9 Å². The van der Waals surface area contributed by atoms with Gasteiger partial charge < -0.3 is 15.0 Å². The van der Waals surface area contributed by atoms with Gasteiger partial charge in [0.05, 0.1) is 13.5 Å². The summed E-state index contributed by atoms with van der Waals surface area (Å²) in [4.78, 5) is 19.0. The van der Waals surface area contributed by atoms with Crippen LogP contribution < -0.4 is 10.1 Å².